The van der Waals surface area contributed by atoms with Gasteiger partial charge in [-0.05, 0) is 24.3 Å². The van der Waals surface area contributed by atoms with E-state index < -0.39 is 0 Å². The molecule has 0 bridgehead atoms. The first-order valence-corrected chi connectivity index (χ1v) is 10.5. The van der Waals surface area contributed by atoms with Gasteiger partial charge in [-0.2, -0.15) is 0 Å². The number of hydrogen-bond donors (Lipinski definition) is 1. The number of rotatable bonds is 3. The Kier molecular flexibility index (Phi) is 9.43. The topological polar surface area (TPSA) is 56.7 Å². The Morgan fingerprint density at radius 2 is 1.81 bits per heavy atom. The van der Waals surface area contributed by atoms with Crippen molar-refractivity contribution in [2.75, 3.05) is 5.73 Å². The van der Waals surface area contributed by atoms with Crippen molar-refractivity contribution in [3.63, 3.8) is 0 Å². The molecule has 3 heterocycles. The maximum atomic E-state index is 6.12. The highest BCUT2D eigenvalue weighted by atomic mass is 32.2. The van der Waals surface area contributed by atoms with Crippen LogP contribution in [0.4, 0.5) is 5.82 Å². The van der Waals surface area contributed by atoms with E-state index in [1.54, 1.807) is 6.33 Å². The van der Waals surface area contributed by atoms with Crippen molar-refractivity contribution in [1.82, 2.24) is 14.5 Å². The highest BCUT2D eigenvalue weighted by molar-refractivity contribution is 8.03. The first kappa shape index (κ1) is 23.1. The number of anilines is 1. The lowest BCUT2D eigenvalue weighted by atomic mass is 9.89. The molecule has 0 saturated heterocycles. The molecule has 1 aliphatic heterocycles. The monoisotopic (exact) mass is 381 g/mol. The minimum atomic E-state index is 0. The Balaban J connectivity index is 0.000000686. The number of nitrogen functional groups attached to an aromatic ring is 1. The summed E-state index contributed by atoms with van der Waals surface area (Å²) in [7, 11) is 0. The van der Waals surface area contributed by atoms with Crippen molar-refractivity contribution in [3.8, 4) is 0 Å². The molecule has 0 aromatic carbocycles. The van der Waals surface area contributed by atoms with Gasteiger partial charge in [-0.25, -0.2) is 9.97 Å². The van der Waals surface area contributed by atoms with Crippen LogP contribution in [0.25, 0.3) is 11.0 Å². The predicted octanol–water partition coefficient (Wildman–Crippen LogP) is 4.99. The van der Waals surface area contributed by atoms with Gasteiger partial charge >= 0.3 is 0 Å². The molecule has 2 unspecified atom stereocenters. The quantitative estimate of drug-likeness (QED) is 0.761. The van der Waals surface area contributed by atoms with E-state index in [2.05, 4.69) is 57.4 Å². The van der Waals surface area contributed by atoms with E-state index in [1.165, 1.54) is 11.1 Å². The molecule has 4 nitrogen and oxygen atoms in total. The third-order valence-corrected chi connectivity index (χ3v) is 5.59. The molecule has 1 aliphatic carbocycles. The van der Waals surface area contributed by atoms with Gasteiger partial charge in [0.2, 0.25) is 0 Å². The molecular weight excluding hydrogens is 351 g/mol. The van der Waals surface area contributed by atoms with Crippen molar-refractivity contribution in [3.05, 3.63) is 53.4 Å². The van der Waals surface area contributed by atoms with Crippen LogP contribution in [0.5, 0.6) is 0 Å². The summed E-state index contributed by atoms with van der Waals surface area (Å²) in [5, 5.41) is 3.87. The van der Waals surface area contributed by atoms with Crippen LogP contribution in [-0.2, 0) is 13.0 Å². The van der Waals surface area contributed by atoms with Crippen LogP contribution in [-0.4, -0.2) is 28.2 Å². The van der Waals surface area contributed by atoms with Crippen molar-refractivity contribution in [2.24, 2.45) is 5.92 Å². The molecule has 3 radical (unpaired) electrons. The second-order valence-electron chi connectivity index (χ2n) is 5.66. The van der Waals surface area contributed by atoms with Crippen molar-refractivity contribution < 1.29 is 0 Å². The molecule has 2 aromatic rings. The fourth-order valence-electron chi connectivity index (χ4n) is 3.28. The van der Waals surface area contributed by atoms with Gasteiger partial charge in [0.05, 0.1) is 5.39 Å². The van der Waals surface area contributed by atoms with E-state index in [9.17, 15) is 0 Å². The summed E-state index contributed by atoms with van der Waals surface area (Å²) in [6.45, 7) is 11.0. The molecule has 27 heavy (non-hydrogen) atoms. The third-order valence-electron chi connectivity index (χ3n) is 4.39. The second kappa shape index (κ2) is 11.0. The number of thioether (sulfide) groups is 1. The molecule has 4 rings (SSSR count). The van der Waals surface area contributed by atoms with Gasteiger partial charge in [-0.1, -0.05) is 57.6 Å². The largest absolute Gasteiger partial charge is 0.383 e. The van der Waals surface area contributed by atoms with Gasteiger partial charge in [0.1, 0.15) is 17.8 Å². The van der Waals surface area contributed by atoms with E-state index in [0.29, 0.717) is 17.0 Å². The summed E-state index contributed by atoms with van der Waals surface area (Å²) < 4.78 is 2.15. The van der Waals surface area contributed by atoms with Crippen LogP contribution >= 0.6 is 11.8 Å². The molecule has 2 aliphatic rings. The maximum Gasteiger partial charge on any atom is 0.145 e. The first-order chi connectivity index (χ1) is 12.8. The number of aromatic nitrogens is 3. The van der Waals surface area contributed by atoms with E-state index in [1.807, 2.05) is 39.5 Å². The van der Waals surface area contributed by atoms with E-state index in [4.69, 9.17) is 5.73 Å². The summed E-state index contributed by atoms with van der Waals surface area (Å²) in [6, 6.07) is 0. The molecule has 143 valence electrons. The maximum absolute atomic E-state index is 6.12. The minimum absolute atomic E-state index is 0. The number of hydrogen-bond acceptors (Lipinski definition) is 4. The highest BCUT2D eigenvalue weighted by Gasteiger charge is 2.28. The van der Waals surface area contributed by atoms with Crippen LogP contribution in [0.2, 0.25) is 0 Å². The number of nitrogens with two attached hydrogens (primary N) is 1. The minimum Gasteiger partial charge on any atom is -0.383 e. The Morgan fingerprint density at radius 1 is 1.11 bits per heavy atom. The number of nitrogens with zero attached hydrogens (tertiary/aromatic N) is 3. The fourth-order valence-corrected chi connectivity index (χ4v) is 4.47. The molecule has 0 amide bonds. The third kappa shape index (κ3) is 4.67. The lowest BCUT2D eigenvalue weighted by Crippen LogP contribution is -2.13. The summed E-state index contributed by atoms with van der Waals surface area (Å²) in [4.78, 5) is 8.59. The molecule has 0 fully saturated rings. The first-order valence-electron chi connectivity index (χ1n) is 9.55. The predicted molar refractivity (Wildman–Crippen MR) is 121 cm³/mol. The number of aryl methyl sites for hydroxylation is 1. The van der Waals surface area contributed by atoms with Gasteiger partial charge < -0.3 is 10.3 Å². The Bertz CT molecular complexity index is 823. The van der Waals surface area contributed by atoms with E-state index in [-0.39, 0.29) is 8.41 Å². The lowest BCUT2D eigenvalue weighted by molar-refractivity contribution is 0.763. The van der Waals surface area contributed by atoms with Crippen LogP contribution in [0.15, 0.2) is 47.8 Å². The highest BCUT2D eigenvalue weighted by Crippen LogP contribution is 2.41. The van der Waals surface area contributed by atoms with Gasteiger partial charge in [0, 0.05) is 32.3 Å². The average Bonchev–Trinajstić information content (AvgIpc) is 3.28. The zero-order valence-electron chi connectivity index (χ0n) is 17.0. The van der Waals surface area contributed by atoms with Crippen molar-refractivity contribution in [2.45, 2.75) is 52.8 Å². The van der Waals surface area contributed by atoms with Crippen LogP contribution in [0.3, 0.4) is 0 Å². The van der Waals surface area contributed by atoms with E-state index >= 15 is 0 Å². The Hall–Kier alpha value is -1.95. The molecule has 0 saturated carbocycles. The zero-order chi connectivity index (χ0) is 19.1. The summed E-state index contributed by atoms with van der Waals surface area (Å²) in [6.07, 6.45) is 13.5. The number of allylic oxidation sites excluding steroid dienone is 4. The van der Waals surface area contributed by atoms with Gasteiger partial charge in [-0.3, -0.25) is 0 Å². The van der Waals surface area contributed by atoms with Crippen molar-refractivity contribution >= 4 is 37.0 Å². The lowest BCUT2D eigenvalue weighted by Gasteiger charge is -2.18. The van der Waals surface area contributed by atoms with Gasteiger partial charge in [0.15, 0.2) is 0 Å². The van der Waals surface area contributed by atoms with Crippen LogP contribution in [0.1, 0.15) is 40.2 Å². The van der Waals surface area contributed by atoms with Crippen LogP contribution in [0, 0.1) is 5.92 Å². The second-order valence-corrected chi connectivity index (χ2v) is 6.72. The zero-order valence-corrected chi connectivity index (χ0v) is 17.8. The molecule has 6 heteroatoms. The Labute approximate surface area is 169 Å². The SMILES string of the molecule is CC.CC.CCn1cc(CC2=CSC3C=CC=CC23)c2c(N)ncnc21.[B]. The molecule has 2 N–H and O–H groups in total. The van der Waals surface area contributed by atoms with Gasteiger partial charge in [-0.15, -0.1) is 11.8 Å². The van der Waals surface area contributed by atoms with E-state index in [0.717, 1.165) is 24.0 Å². The van der Waals surface area contributed by atoms with Crippen LogP contribution < -0.4 is 5.73 Å². The molecule has 2 atom stereocenters. The van der Waals surface area contributed by atoms with Gasteiger partial charge in [0.25, 0.3) is 0 Å². The molecular formula is C21H30BN4S. The fraction of sp³-hybridized carbons (Fsp3) is 0.429. The van der Waals surface area contributed by atoms with Crippen molar-refractivity contribution in [1.29, 1.82) is 0 Å². The summed E-state index contributed by atoms with van der Waals surface area (Å²) >= 11 is 1.91. The summed E-state index contributed by atoms with van der Waals surface area (Å²) in [5.74, 6) is 1.08. The smallest absolute Gasteiger partial charge is 0.145 e. The molecule has 2 aromatic heterocycles. The number of fused-ring (bicyclic) bond motifs is 2. The average molecular weight is 381 g/mol. The summed E-state index contributed by atoms with van der Waals surface area (Å²) in [5.41, 5.74) is 9.73. The molecule has 0 spiro atoms. The normalized spacial score (nSPS) is 19.2. The standard InChI is InChI=1S/C17H18N4S.2C2H6.B/c1-2-21-8-11(15-16(18)19-10-20-17(15)21)7-12-9-22-14-6-4-3-5-13(12)14;2*1-2;/h3-6,8-10,13-14H,2,7H2,1H3,(H2,18,19,20);2*1-2H3;. The Morgan fingerprint density at radius 3 is 2.52 bits per heavy atom.